The van der Waals surface area contributed by atoms with Gasteiger partial charge in [-0.3, -0.25) is 0 Å². The van der Waals surface area contributed by atoms with Crippen LogP contribution in [0.2, 0.25) is 0 Å². The number of nitrogens with zero attached hydrogens (tertiary/aromatic N) is 2. The van der Waals surface area contributed by atoms with Crippen molar-refractivity contribution < 1.29 is 14.6 Å². The monoisotopic (exact) mass is 272 g/mol. The molecule has 0 spiro atoms. The van der Waals surface area contributed by atoms with Crippen LogP contribution in [0.4, 0.5) is 5.82 Å². The summed E-state index contributed by atoms with van der Waals surface area (Å²) in [4.78, 5) is 17.6. The van der Waals surface area contributed by atoms with Crippen molar-refractivity contribution in [2.45, 2.75) is 12.5 Å². The Morgan fingerprint density at radius 3 is 2.95 bits per heavy atom. The first-order valence-corrected chi connectivity index (χ1v) is 6.60. The maximum atomic E-state index is 11.2. The highest BCUT2D eigenvalue weighted by molar-refractivity contribution is 5.98. The molecular formula is C15H16N2O3. The lowest BCUT2D eigenvalue weighted by atomic mass is 10.1. The number of carboxylic acid groups (broad SMARTS) is 1. The lowest BCUT2D eigenvalue weighted by molar-refractivity contribution is 0.0691. The van der Waals surface area contributed by atoms with Crippen LogP contribution < -0.4 is 4.90 Å². The molecule has 104 valence electrons. The van der Waals surface area contributed by atoms with E-state index >= 15 is 0 Å². The normalized spacial score (nSPS) is 18.4. The van der Waals surface area contributed by atoms with Crippen molar-refractivity contribution >= 4 is 22.6 Å². The van der Waals surface area contributed by atoms with E-state index in [1.165, 1.54) is 0 Å². The molecule has 5 heteroatoms. The minimum atomic E-state index is -1.01. The smallest absolute Gasteiger partial charge is 0.354 e. The van der Waals surface area contributed by atoms with Crippen LogP contribution in [0.15, 0.2) is 30.3 Å². The largest absolute Gasteiger partial charge is 0.477 e. The van der Waals surface area contributed by atoms with Crippen LogP contribution in [-0.4, -0.2) is 42.4 Å². The van der Waals surface area contributed by atoms with Crippen molar-refractivity contribution in [1.29, 1.82) is 0 Å². The number of pyridine rings is 1. The highest BCUT2D eigenvalue weighted by Crippen LogP contribution is 2.28. The average molecular weight is 272 g/mol. The lowest BCUT2D eigenvalue weighted by Gasteiger charge is -2.25. The van der Waals surface area contributed by atoms with Gasteiger partial charge in [0.1, 0.15) is 5.82 Å². The molecule has 1 fully saturated rings. The van der Waals surface area contributed by atoms with Crippen molar-refractivity contribution in [1.82, 2.24) is 4.98 Å². The lowest BCUT2D eigenvalue weighted by Crippen LogP contribution is -2.33. The van der Waals surface area contributed by atoms with Crippen molar-refractivity contribution in [2.24, 2.45) is 0 Å². The molecule has 1 aromatic heterocycles. The van der Waals surface area contributed by atoms with Gasteiger partial charge in [-0.2, -0.15) is 0 Å². The van der Waals surface area contributed by atoms with Gasteiger partial charge in [0, 0.05) is 19.0 Å². The maximum absolute atomic E-state index is 11.2. The van der Waals surface area contributed by atoms with E-state index in [0.29, 0.717) is 12.4 Å². The number of aromatic nitrogens is 1. The van der Waals surface area contributed by atoms with E-state index in [2.05, 4.69) is 4.98 Å². The Hall–Kier alpha value is -2.14. The number of anilines is 1. The van der Waals surface area contributed by atoms with Crippen LogP contribution in [0.3, 0.4) is 0 Å². The van der Waals surface area contributed by atoms with E-state index in [4.69, 9.17) is 4.74 Å². The van der Waals surface area contributed by atoms with Gasteiger partial charge >= 0.3 is 5.97 Å². The molecule has 1 saturated heterocycles. The summed E-state index contributed by atoms with van der Waals surface area (Å²) in [6, 6.07) is 9.57. The van der Waals surface area contributed by atoms with Crippen LogP contribution in [0.5, 0.6) is 0 Å². The van der Waals surface area contributed by atoms with E-state index in [1.54, 1.807) is 6.07 Å². The number of benzene rings is 1. The van der Waals surface area contributed by atoms with Crippen LogP contribution >= 0.6 is 0 Å². The Kier molecular flexibility index (Phi) is 3.28. The van der Waals surface area contributed by atoms with Crippen molar-refractivity contribution in [3.8, 4) is 0 Å². The molecule has 1 unspecified atom stereocenters. The van der Waals surface area contributed by atoms with Gasteiger partial charge in [-0.05, 0) is 17.9 Å². The number of hydrogen-bond acceptors (Lipinski definition) is 4. The molecule has 0 bridgehead atoms. The fourth-order valence-corrected chi connectivity index (χ4v) is 2.56. The minimum absolute atomic E-state index is 0.0736. The number of fused-ring (bicyclic) bond motifs is 1. The van der Waals surface area contributed by atoms with E-state index < -0.39 is 5.97 Å². The molecule has 0 saturated carbocycles. The number of aromatic carboxylic acids is 1. The van der Waals surface area contributed by atoms with E-state index in [9.17, 15) is 9.90 Å². The molecule has 2 aromatic rings. The van der Waals surface area contributed by atoms with Gasteiger partial charge in [-0.15, -0.1) is 0 Å². The van der Waals surface area contributed by atoms with Crippen LogP contribution in [-0.2, 0) is 4.74 Å². The molecule has 0 radical (unpaired) electrons. The Bertz CT molecular complexity index is 651. The summed E-state index contributed by atoms with van der Waals surface area (Å²) in [6.07, 6.45) is 0.934. The zero-order valence-corrected chi connectivity index (χ0v) is 11.2. The third-order valence-electron chi connectivity index (χ3n) is 3.73. The van der Waals surface area contributed by atoms with E-state index in [1.807, 2.05) is 36.2 Å². The molecule has 1 aliphatic rings. The molecule has 1 aromatic carbocycles. The Labute approximate surface area is 116 Å². The van der Waals surface area contributed by atoms with Crippen LogP contribution in [0.1, 0.15) is 16.9 Å². The zero-order chi connectivity index (χ0) is 14.1. The van der Waals surface area contributed by atoms with E-state index in [0.717, 1.165) is 23.8 Å². The minimum Gasteiger partial charge on any atom is -0.477 e. The average Bonchev–Trinajstić information content (AvgIpc) is 2.99. The predicted octanol–water partition coefficient (Wildman–Crippen LogP) is 2.16. The topological polar surface area (TPSA) is 62.7 Å². The third kappa shape index (κ3) is 2.20. The molecule has 1 N–H and O–H groups in total. The summed E-state index contributed by atoms with van der Waals surface area (Å²) in [6.45, 7) is 1.40. The summed E-state index contributed by atoms with van der Waals surface area (Å²) in [5.41, 5.74) is 0.0736. The second kappa shape index (κ2) is 5.09. The van der Waals surface area contributed by atoms with Crippen molar-refractivity contribution in [3.05, 3.63) is 36.0 Å². The van der Waals surface area contributed by atoms with Crippen molar-refractivity contribution in [2.75, 3.05) is 25.2 Å². The number of hydrogen-bond donors (Lipinski definition) is 1. The molecular weight excluding hydrogens is 256 g/mol. The first-order valence-electron chi connectivity index (χ1n) is 6.60. The fraction of sp³-hybridized carbons (Fsp3) is 0.333. The quantitative estimate of drug-likeness (QED) is 0.927. The molecule has 5 nitrogen and oxygen atoms in total. The molecule has 2 heterocycles. The summed E-state index contributed by atoms with van der Waals surface area (Å²) >= 11 is 0. The molecule has 3 rings (SSSR count). The summed E-state index contributed by atoms with van der Waals surface area (Å²) in [5, 5.41) is 11.1. The van der Waals surface area contributed by atoms with Gasteiger partial charge < -0.3 is 14.7 Å². The van der Waals surface area contributed by atoms with Gasteiger partial charge in [-0.25, -0.2) is 9.78 Å². The van der Waals surface area contributed by atoms with Crippen LogP contribution in [0.25, 0.3) is 10.8 Å². The van der Waals surface area contributed by atoms with E-state index in [-0.39, 0.29) is 11.7 Å². The summed E-state index contributed by atoms with van der Waals surface area (Å²) in [5.74, 6) is -0.302. The first-order chi connectivity index (χ1) is 9.66. The first kappa shape index (κ1) is 12.9. The number of likely N-dealkylation sites (N-methyl/N-ethyl adjacent to an activating group) is 1. The Morgan fingerprint density at radius 1 is 1.45 bits per heavy atom. The van der Waals surface area contributed by atoms with Gasteiger partial charge in [-0.1, -0.05) is 24.3 Å². The third-order valence-corrected chi connectivity index (χ3v) is 3.73. The number of carboxylic acids is 1. The van der Waals surface area contributed by atoms with Gasteiger partial charge in [0.25, 0.3) is 0 Å². The highest BCUT2D eigenvalue weighted by Gasteiger charge is 2.23. The summed E-state index contributed by atoms with van der Waals surface area (Å²) in [7, 11) is 1.94. The predicted molar refractivity (Wildman–Crippen MR) is 76.3 cm³/mol. The highest BCUT2D eigenvalue weighted by atomic mass is 16.5. The second-order valence-corrected chi connectivity index (χ2v) is 4.99. The van der Waals surface area contributed by atoms with Crippen molar-refractivity contribution in [3.63, 3.8) is 0 Å². The maximum Gasteiger partial charge on any atom is 0.354 e. The Balaban J connectivity index is 2.13. The number of carbonyl (C=O) groups is 1. The SMILES string of the molecule is CN(c1nc(C(=O)O)cc2ccccc12)C1CCOC1. The van der Waals surface area contributed by atoms with Gasteiger partial charge in [0.15, 0.2) is 5.69 Å². The second-order valence-electron chi connectivity index (χ2n) is 4.99. The molecule has 0 amide bonds. The molecule has 20 heavy (non-hydrogen) atoms. The van der Waals surface area contributed by atoms with Crippen LogP contribution in [0, 0.1) is 0 Å². The zero-order valence-electron chi connectivity index (χ0n) is 11.2. The molecule has 1 atom stereocenters. The van der Waals surface area contributed by atoms with Gasteiger partial charge in [0.2, 0.25) is 0 Å². The summed E-state index contributed by atoms with van der Waals surface area (Å²) < 4.78 is 5.40. The fourth-order valence-electron chi connectivity index (χ4n) is 2.56. The molecule has 1 aliphatic heterocycles. The Morgan fingerprint density at radius 2 is 2.25 bits per heavy atom. The number of rotatable bonds is 3. The van der Waals surface area contributed by atoms with Gasteiger partial charge in [0.05, 0.1) is 12.6 Å². The number of ether oxygens (including phenoxy) is 1. The standard InChI is InChI=1S/C15H16N2O3/c1-17(11-6-7-20-9-11)14-12-5-3-2-4-10(12)8-13(16-14)15(18)19/h2-5,8,11H,6-7,9H2,1H3,(H,18,19). The molecule has 0 aliphatic carbocycles.